The maximum Gasteiger partial charge on any atom is 0.191 e. The van der Waals surface area contributed by atoms with E-state index < -0.39 is 0 Å². The zero-order valence-electron chi connectivity index (χ0n) is 15.9. The lowest BCUT2D eigenvalue weighted by Gasteiger charge is -2.39. The second-order valence-corrected chi connectivity index (χ2v) is 7.15. The van der Waals surface area contributed by atoms with E-state index in [4.69, 9.17) is 9.47 Å². The van der Waals surface area contributed by atoms with Crippen LogP contribution in [0.2, 0.25) is 0 Å². The number of ether oxygens (including phenoxy) is 2. The highest BCUT2D eigenvalue weighted by molar-refractivity contribution is 14.0. The van der Waals surface area contributed by atoms with Crippen molar-refractivity contribution in [3.05, 3.63) is 35.4 Å². The van der Waals surface area contributed by atoms with Crippen molar-refractivity contribution in [3.63, 3.8) is 0 Å². The fourth-order valence-electron chi connectivity index (χ4n) is 3.96. The molecule has 2 aliphatic rings. The van der Waals surface area contributed by atoms with Gasteiger partial charge >= 0.3 is 0 Å². The summed E-state index contributed by atoms with van der Waals surface area (Å²) in [6.07, 6.45) is 4.68. The van der Waals surface area contributed by atoms with Crippen LogP contribution in [0.25, 0.3) is 0 Å². The first-order chi connectivity index (χ1) is 12.2. The maximum absolute atomic E-state index is 5.69. The predicted octanol–water partition coefficient (Wildman–Crippen LogP) is 3.01. The van der Waals surface area contributed by atoms with Gasteiger partial charge in [-0.15, -0.1) is 24.0 Å². The molecule has 3 rings (SSSR count). The SMILES string of the molecule is CN=C(NCC1CCCO1)NCC1(c2ccccc2C)CCOCC1.I. The lowest BCUT2D eigenvalue weighted by Crippen LogP contribution is -2.49. The van der Waals surface area contributed by atoms with Gasteiger partial charge in [0.15, 0.2) is 5.96 Å². The van der Waals surface area contributed by atoms with E-state index in [-0.39, 0.29) is 29.4 Å². The van der Waals surface area contributed by atoms with E-state index in [2.05, 4.69) is 46.8 Å². The lowest BCUT2D eigenvalue weighted by molar-refractivity contribution is 0.0511. The molecular formula is C20H32IN3O2. The fourth-order valence-corrected chi connectivity index (χ4v) is 3.96. The van der Waals surface area contributed by atoms with E-state index in [9.17, 15) is 0 Å². The van der Waals surface area contributed by atoms with Crippen LogP contribution in [0.4, 0.5) is 0 Å². The molecule has 0 amide bonds. The normalized spacial score (nSPS) is 22.5. The van der Waals surface area contributed by atoms with Crippen LogP contribution in [-0.4, -0.2) is 52.0 Å². The topological polar surface area (TPSA) is 54.9 Å². The van der Waals surface area contributed by atoms with Gasteiger partial charge in [-0.1, -0.05) is 24.3 Å². The van der Waals surface area contributed by atoms with Crippen LogP contribution >= 0.6 is 24.0 Å². The van der Waals surface area contributed by atoms with Crippen LogP contribution in [0.5, 0.6) is 0 Å². The summed E-state index contributed by atoms with van der Waals surface area (Å²) in [6.45, 7) is 6.41. The van der Waals surface area contributed by atoms with Gasteiger partial charge in [-0.05, 0) is 43.7 Å². The Labute approximate surface area is 174 Å². The molecule has 1 unspecified atom stereocenters. The van der Waals surface area contributed by atoms with Crippen molar-refractivity contribution in [1.82, 2.24) is 10.6 Å². The molecule has 1 aromatic carbocycles. The van der Waals surface area contributed by atoms with Gasteiger partial charge in [-0.25, -0.2) is 0 Å². The molecule has 5 nitrogen and oxygen atoms in total. The summed E-state index contributed by atoms with van der Waals surface area (Å²) in [5.41, 5.74) is 2.89. The Hall–Kier alpha value is -0.860. The van der Waals surface area contributed by atoms with Gasteiger partial charge in [-0.3, -0.25) is 4.99 Å². The van der Waals surface area contributed by atoms with Crippen LogP contribution in [-0.2, 0) is 14.9 Å². The van der Waals surface area contributed by atoms with E-state index >= 15 is 0 Å². The minimum atomic E-state index is 0. The Morgan fingerprint density at radius 1 is 1.19 bits per heavy atom. The Morgan fingerprint density at radius 2 is 1.96 bits per heavy atom. The number of aliphatic imine (C=N–C) groups is 1. The minimum absolute atomic E-state index is 0. The Morgan fingerprint density at radius 3 is 2.62 bits per heavy atom. The molecule has 1 atom stereocenters. The van der Waals surface area contributed by atoms with Crippen molar-refractivity contribution >= 4 is 29.9 Å². The monoisotopic (exact) mass is 473 g/mol. The molecule has 2 heterocycles. The molecular weight excluding hydrogens is 441 g/mol. The molecule has 0 spiro atoms. The third-order valence-electron chi connectivity index (χ3n) is 5.51. The van der Waals surface area contributed by atoms with E-state index in [1.165, 1.54) is 11.1 Å². The number of aryl methyl sites for hydroxylation is 1. The predicted molar refractivity (Wildman–Crippen MR) is 117 cm³/mol. The molecule has 2 aliphatic heterocycles. The van der Waals surface area contributed by atoms with Gasteiger partial charge < -0.3 is 20.1 Å². The lowest BCUT2D eigenvalue weighted by atomic mass is 9.72. The first kappa shape index (κ1) is 21.4. The molecule has 0 aromatic heterocycles. The van der Waals surface area contributed by atoms with Crippen LogP contribution in [0.3, 0.4) is 0 Å². The zero-order chi connectivity index (χ0) is 17.5. The van der Waals surface area contributed by atoms with Crippen molar-refractivity contribution in [2.24, 2.45) is 4.99 Å². The van der Waals surface area contributed by atoms with Crippen molar-refractivity contribution in [1.29, 1.82) is 0 Å². The zero-order valence-corrected chi connectivity index (χ0v) is 18.3. The van der Waals surface area contributed by atoms with E-state index in [0.29, 0.717) is 6.10 Å². The first-order valence-electron chi connectivity index (χ1n) is 9.43. The Bertz CT molecular complexity index is 582. The van der Waals surface area contributed by atoms with Gasteiger partial charge in [0.2, 0.25) is 0 Å². The molecule has 0 saturated carbocycles. The fraction of sp³-hybridized carbons (Fsp3) is 0.650. The molecule has 0 radical (unpaired) electrons. The highest BCUT2D eigenvalue weighted by Gasteiger charge is 2.35. The first-order valence-corrected chi connectivity index (χ1v) is 9.43. The summed E-state index contributed by atoms with van der Waals surface area (Å²) >= 11 is 0. The summed E-state index contributed by atoms with van der Waals surface area (Å²) in [5.74, 6) is 0.856. The second-order valence-electron chi connectivity index (χ2n) is 7.15. The van der Waals surface area contributed by atoms with Crippen molar-refractivity contribution < 1.29 is 9.47 Å². The smallest absolute Gasteiger partial charge is 0.191 e. The van der Waals surface area contributed by atoms with E-state index in [0.717, 1.165) is 64.6 Å². The summed E-state index contributed by atoms with van der Waals surface area (Å²) in [6, 6.07) is 8.73. The van der Waals surface area contributed by atoms with Crippen LogP contribution < -0.4 is 10.6 Å². The third kappa shape index (κ3) is 5.33. The average molecular weight is 473 g/mol. The number of guanidine groups is 1. The molecule has 1 aromatic rings. The Kier molecular flexibility index (Phi) is 8.63. The quantitative estimate of drug-likeness (QED) is 0.392. The molecule has 0 aliphatic carbocycles. The highest BCUT2D eigenvalue weighted by Crippen LogP contribution is 2.36. The number of benzene rings is 1. The Balaban J connectivity index is 0.00000243. The van der Waals surface area contributed by atoms with E-state index in [1.807, 2.05) is 7.05 Å². The van der Waals surface area contributed by atoms with Crippen LogP contribution in [0, 0.1) is 6.92 Å². The highest BCUT2D eigenvalue weighted by atomic mass is 127. The molecule has 6 heteroatoms. The van der Waals surface area contributed by atoms with Gasteiger partial charge in [0.05, 0.1) is 6.10 Å². The number of rotatable bonds is 5. The second kappa shape index (κ2) is 10.5. The average Bonchev–Trinajstić information content (AvgIpc) is 3.16. The summed E-state index contributed by atoms with van der Waals surface area (Å²) in [5, 5.41) is 6.97. The largest absolute Gasteiger partial charge is 0.381 e. The number of hydrogen-bond donors (Lipinski definition) is 2. The van der Waals surface area contributed by atoms with Crippen molar-refractivity contribution in [2.75, 3.05) is 40.0 Å². The third-order valence-corrected chi connectivity index (χ3v) is 5.51. The summed E-state index contributed by atoms with van der Waals surface area (Å²) in [4.78, 5) is 4.39. The van der Waals surface area contributed by atoms with Crippen LogP contribution in [0.15, 0.2) is 29.3 Å². The van der Waals surface area contributed by atoms with Gasteiger partial charge in [-0.2, -0.15) is 0 Å². The molecule has 0 bridgehead atoms. The number of nitrogens with zero attached hydrogens (tertiary/aromatic N) is 1. The maximum atomic E-state index is 5.69. The standard InChI is InChI=1S/C20H31N3O2.HI/c1-16-6-3-4-8-18(16)20(9-12-24-13-10-20)15-23-19(21-2)22-14-17-7-5-11-25-17;/h3-4,6,8,17H,5,7,9-15H2,1-2H3,(H2,21,22,23);1H. The van der Waals surface area contributed by atoms with Crippen LogP contribution in [0.1, 0.15) is 36.8 Å². The summed E-state index contributed by atoms with van der Waals surface area (Å²) in [7, 11) is 1.83. The molecule has 26 heavy (non-hydrogen) atoms. The molecule has 2 fully saturated rings. The minimum Gasteiger partial charge on any atom is -0.381 e. The van der Waals surface area contributed by atoms with Gasteiger partial charge in [0.25, 0.3) is 0 Å². The number of hydrogen-bond acceptors (Lipinski definition) is 3. The number of nitrogens with one attached hydrogen (secondary N) is 2. The molecule has 2 N–H and O–H groups in total. The molecule has 2 saturated heterocycles. The van der Waals surface area contributed by atoms with Gasteiger partial charge in [0, 0.05) is 45.4 Å². The van der Waals surface area contributed by atoms with E-state index in [1.54, 1.807) is 0 Å². The van der Waals surface area contributed by atoms with Crippen molar-refractivity contribution in [2.45, 2.75) is 44.1 Å². The molecule has 146 valence electrons. The number of halogens is 1. The van der Waals surface area contributed by atoms with Crippen molar-refractivity contribution in [3.8, 4) is 0 Å². The van der Waals surface area contributed by atoms with Gasteiger partial charge in [0.1, 0.15) is 0 Å². The summed E-state index contributed by atoms with van der Waals surface area (Å²) < 4.78 is 11.3.